The van der Waals surface area contributed by atoms with Gasteiger partial charge in [-0.05, 0) is 38.6 Å². The number of carbonyl (C=O) groups excluding carboxylic acids is 1. The van der Waals surface area contributed by atoms with Crippen molar-refractivity contribution in [3.05, 3.63) is 34.9 Å². The third kappa shape index (κ3) is 3.65. The minimum Gasteiger partial charge on any atom is -0.299 e. The second-order valence-electron chi connectivity index (χ2n) is 3.84. The number of benzene rings is 1. The van der Waals surface area contributed by atoms with E-state index in [4.69, 9.17) is 11.6 Å². The van der Waals surface area contributed by atoms with Crippen LogP contribution in [0.2, 0.25) is 5.02 Å². The van der Waals surface area contributed by atoms with E-state index >= 15 is 0 Å². The second-order valence-corrected chi connectivity index (χ2v) is 4.28. The molecule has 0 aliphatic carbocycles. The summed E-state index contributed by atoms with van der Waals surface area (Å²) in [5, 5.41) is 0.736. The van der Waals surface area contributed by atoms with Gasteiger partial charge in [0.2, 0.25) is 0 Å². The molecular weight excluding hydrogens is 210 g/mol. The van der Waals surface area contributed by atoms with Gasteiger partial charge in [0.1, 0.15) is 5.78 Å². The Hall–Kier alpha value is -0.860. The number of Topliss-reactive ketones (excluding diaryl/α,β-unsaturated/α-hetero) is 1. The molecule has 1 aromatic carbocycles. The summed E-state index contributed by atoms with van der Waals surface area (Å²) in [4.78, 5) is 13.0. The van der Waals surface area contributed by atoms with Gasteiger partial charge in [0, 0.05) is 11.1 Å². The molecule has 3 heteroatoms. The lowest BCUT2D eigenvalue weighted by Gasteiger charge is -2.23. The number of nitrogens with zero attached hydrogens (tertiary/aromatic N) is 1. The topological polar surface area (TPSA) is 20.3 Å². The predicted octanol–water partition coefficient (Wildman–Crippen LogP) is 2.92. The third-order valence-electron chi connectivity index (χ3n) is 2.49. The van der Waals surface area contributed by atoms with Gasteiger partial charge in [0.05, 0.1) is 6.54 Å². The van der Waals surface area contributed by atoms with Gasteiger partial charge in [-0.15, -0.1) is 0 Å². The first-order valence-electron chi connectivity index (χ1n) is 4.96. The molecule has 0 heterocycles. The quantitative estimate of drug-likeness (QED) is 0.786. The average molecular weight is 226 g/mol. The molecule has 0 amide bonds. The van der Waals surface area contributed by atoms with Gasteiger partial charge in [0.25, 0.3) is 0 Å². The zero-order valence-electron chi connectivity index (χ0n) is 9.33. The first-order valence-corrected chi connectivity index (χ1v) is 5.33. The molecule has 15 heavy (non-hydrogen) atoms. The molecule has 0 spiro atoms. The van der Waals surface area contributed by atoms with E-state index in [1.54, 1.807) is 6.92 Å². The Morgan fingerprint density at radius 1 is 1.40 bits per heavy atom. The lowest BCUT2D eigenvalue weighted by molar-refractivity contribution is -0.118. The van der Waals surface area contributed by atoms with Crippen LogP contribution in [0.4, 0.5) is 0 Å². The van der Waals surface area contributed by atoms with E-state index in [9.17, 15) is 4.79 Å². The molecule has 1 rings (SSSR count). The summed E-state index contributed by atoms with van der Waals surface area (Å²) in [7, 11) is 1.95. The Balaban J connectivity index is 2.71. The van der Waals surface area contributed by atoms with Crippen molar-refractivity contribution in [3.8, 4) is 0 Å². The fraction of sp³-hybridized carbons (Fsp3) is 0.417. The van der Waals surface area contributed by atoms with Gasteiger partial charge < -0.3 is 0 Å². The smallest absolute Gasteiger partial charge is 0.143 e. The van der Waals surface area contributed by atoms with Crippen molar-refractivity contribution in [1.82, 2.24) is 4.90 Å². The van der Waals surface area contributed by atoms with Crippen molar-refractivity contribution in [2.45, 2.75) is 19.9 Å². The van der Waals surface area contributed by atoms with Crippen LogP contribution < -0.4 is 0 Å². The maximum Gasteiger partial charge on any atom is 0.143 e. The molecule has 1 atom stereocenters. The summed E-state index contributed by atoms with van der Waals surface area (Å²) in [5.74, 6) is 0.179. The lowest BCUT2D eigenvalue weighted by Crippen LogP contribution is -2.27. The second kappa shape index (κ2) is 5.29. The summed E-state index contributed by atoms with van der Waals surface area (Å²) in [6, 6.07) is 7.95. The van der Waals surface area contributed by atoms with E-state index in [0.29, 0.717) is 6.54 Å². The summed E-state index contributed by atoms with van der Waals surface area (Å²) in [6.07, 6.45) is 0. The maximum absolute atomic E-state index is 11.0. The average Bonchev–Trinajstić information content (AvgIpc) is 2.17. The molecule has 0 N–H and O–H groups in total. The number of rotatable bonds is 4. The number of carbonyl (C=O) groups is 1. The van der Waals surface area contributed by atoms with Gasteiger partial charge in [-0.3, -0.25) is 9.69 Å². The molecule has 0 saturated carbocycles. The molecule has 82 valence electrons. The van der Waals surface area contributed by atoms with Crippen LogP contribution in [-0.2, 0) is 4.79 Å². The van der Waals surface area contributed by atoms with Crippen LogP contribution in [0.15, 0.2) is 24.3 Å². The van der Waals surface area contributed by atoms with Crippen molar-refractivity contribution in [2.75, 3.05) is 13.6 Å². The van der Waals surface area contributed by atoms with Gasteiger partial charge in [0.15, 0.2) is 0 Å². The SMILES string of the molecule is CC(=O)CN(C)C(C)c1ccc(Cl)cc1. The first kappa shape index (κ1) is 12.2. The number of halogens is 1. The first-order chi connectivity index (χ1) is 7.00. The van der Waals surface area contributed by atoms with E-state index in [0.717, 1.165) is 5.02 Å². The number of hydrogen-bond donors (Lipinski definition) is 0. The van der Waals surface area contributed by atoms with Crippen molar-refractivity contribution in [2.24, 2.45) is 0 Å². The van der Waals surface area contributed by atoms with Crippen LogP contribution in [0.5, 0.6) is 0 Å². The van der Waals surface area contributed by atoms with Crippen LogP contribution in [0.25, 0.3) is 0 Å². The molecule has 1 unspecified atom stereocenters. The van der Waals surface area contributed by atoms with Crippen LogP contribution >= 0.6 is 11.6 Å². The Labute approximate surface area is 95.8 Å². The minimum atomic E-state index is 0.179. The number of likely N-dealkylation sites (N-methyl/N-ethyl adjacent to an activating group) is 1. The highest BCUT2D eigenvalue weighted by atomic mass is 35.5. The molecular formula is C12H16ClNO. The van der Waals surface area contributed by atoms with E-state index in [-0.39, 0.29) is 11.8 Å². The highest BCUT2D eigenvalue weighted by Crippen LogP contribution is 2.20. The summed E-state index contributed by atoms with van der Waals surface area (Å²) in [6.45, 7) is 4.15. The van der Waals surface area contributed by atoms with Crippen LogP contribution in [-0.4, -0.2) is 24.3 Å². The Morgan fingerprint density at radius 3 is 2.40 bits per heavy atom. The molecule has 0 bridgehead atoms. The molecule has 0 aliphatic rings. The lowest BCUT2D eigenvalue weighted by atomic mass is 10.1. The number of ketones is 1. The monoisotopic (exact) mass is 225 g/mol. The van der Waals surface area contributed by atoms with Gasteiger partial charge in [-0.2, -0.15) is 0 Å². The maximum atomic E-state index is 11.0. The molecule has 2 nitrogen and oxygen atoms in total. The van der Waals surface area contributed by atoms with E-state index in [1.165, 1.54) is 5.56 Å². The Kier molecular flexibility index (Phi) is 4.30. The highest BCUT2D eigenvalue weighted by Gasteiger charge is 2.12. The van der Waals surface area contributed by atoms with Gasteiger partial charge in [-0.1, -0.05) is 23.7 Å². The van der Waals surface area contributed by atoms with E-state index in [2.05, 4.69) is 6.92 Å². The van der Waals surface area contributed by atoms with E-state index < -0.39 is 0 Å². The fourth-order valence-corrected chi connectivity index (χ4v) is 1.61. The summed E-state index contributed by atoms with van der Waals surface area (Å²) in [5.41, 5.74) is 1.17. The standard InChI is InChI=1S/C12H16ClNO/c1-9(15)8-14(3)10(2)11-4-6-12(13)7-5-11/h4-7,10H,8H2,1-3H3. The molecule has 0 aromatic heterocycles. The third-order valence-corrected chi connectivity index (χ3v) is 2.74. The van der Waals surface area contributed by atoms with Crippen LogP contribution in [0.3, 0.4) is 0 Å². The molecule has 0 saturated heterocycles. The number of hydrogen-bond acceptors (Lipinski definition) is 2. The zero-order chi connectivity index (χ0) is 11.4. The molecule has 0 fully saturated rings. The van der Waals surface area contributed by atoms with Gasteiger partial charge >= 0.3 is 0 Å². The largest absolute Gasteiger partial charge is 0.299 e. The normalized spacial score (nSPS) is 12.9. The summed E-state index contributed by atoms with van der Waals surface area (Å²) < 4.78 is 0. The molecule has 0 radical (unpaired) electrons. The Bertz CT molecular complexity index is 334. The van der Waals surface area contributed by atoms with Crippen LogP contribution in [0, 0.1) is 0 Å². The molecule has 0 aliphatic heterocycles. The van der Waals surface area contributed by atoms with Crippen molar-refractivity contribution < 1.29 is 4.79 Å². The highest BCUT2D eigenvalue weighted by molar-refractivity contribution is 6.30. The van der Waals surface area contributed by atoms with E-state index in [1.807, 2.05) is 36.2 Å². The van der Waals surface area contributed by atoms with Crippen LogP contribution in [0.1, 0.15) is 25.5 Å². The Morgan fingerprint density at radius 2 is 1.93 bits per heavy atom. The fourth-order valence-electron chi connectivity index (χ4n) is 1.48. The minimum absolute atomic E-state index is 0.179. The predicted molar refractivity (Wildman–Crippen MR) is 63.2 cm³/mol. The zero-order valence-corrected chi connectivity index (χ0v) is 10.1. The van der Waals surface area contributed by atoms with Crippen molar-refractivity contribution >= 4 is 17.4 Å². The van der Waals surface area contributed by atoms with Crippen molar-refractivity contribution in [1.29, 1.82) is 0 Å². The summed E-state index contributed by atoms with van der Waals surface area (Å²) >= 11 is 5.81. The van der Waals surface area contributed by atoms with Gasteiger partial charge in [-0.25, -0.2) is 0 Å². The van der Waals surface area contributed by atoms with Crippen molar-refractivity contribution in [3.63, 3.8) is 0 Å². The molecule has 1 aromatic rings.